The fourth-order valence-electron chi connectivity index (χ4n) is 3.92. The number of amides is 2. The zero-order valence-electron chi connectivity index (χ0n) is 22.7. The molecule has 0 aliphatic carbocycles. The Bertz CT molecular complexity index is 1660. The third-order valence-corrected chi connectivity index (χ3v) is 6.92. The first kappa shape index (κ1) is 29.2. The van der Waals surface area contributed by atoms with E-state index in [4.69, 9.17) is 9.47 Å². The van der Waals surface area contributed by atoms with Crippen molar-refractivity contribution < 1.29 is 28.7 Å². The number of esters is 2. The molecule has 4 rings (SSSR count). The maximum atomic E-state index is 13.5. The predicted octanol–water partition coefficient (Wildman–Crippen LogP) is 4.57. The highest BCUT2D eigenvalue weighted by Crippen LogP contribution is 2.25. The van der Waals surface area contributed by atoms with Gasteiger partial charge >= 0.3 is 11.9 Å². The number of nitrogens with one attached hydrogen (secondary N) is 2. The van der Waals surface area contributed by atoms with Crippen LogP contribution in [0.2, 0.25) is 0 Å². The zero-order chi connectivity index (χ0) is 29.5. The molecule has 0 aliphatic rings. The Labute approximate surface area is 239 Å². The van der Waals surface area contributed by atoms with Gasteiger partial charge in [0.25, 0.3) is 17.4 Å². The van der Waals surface area contributed by atoms with Gasteiger partial charge < -0.3 is 20.1 Å². The molecule has 0 unspecified atom stereocenters. The number of carbonyl (C=O) groups excluding carboxylic acids is 4. The van der Waals surface area contributed by atoms with Crippen LogP contribution in [-0.4, -0.2) is 46.9 Å². The Morgan fingerprint density at radius 3 is 2.00 bits per heavy atom. The Morgan fingerprint density at radius 2 is 1.44 bits per heavy atom. The third kappa shape index (κ3) is 6.67. The lowest BCUT2D eigenvalue weighted by Gasteiger charge is -2.09. The largest absolute Gasteiger partial charge is 0.465 e. The SMILES string of the molecule is CCCOC(=O)c1ccc(NC(=O)c2c(C(=O)Nc3ccc(C(=O)OC)cc3)sc3nc(CCC)cc(=O)n23)cc1. The van der Waals surface area contributed by atoms with Gasteiger partial charge in [0.1, 0.15) is 10.6 Å². The van der Waals surface area contributed by atoms with Crippen molar-refractivity contribution in [2.24, 2.45) is 0 Å². The molecule has 2 aromatic heterocycles. The van der Waals surface area contributed by atoms with E-state index in [1.165, 1.54) is 61.7 Å². The van der Waals surface area contributed by atoms with Gasteiger partial charge in [0, 0.05) is 23.1 Å². The second kappa shape index (κ2) is 13.0. The van der Waals surface area contributed by atoms with E-state index in [1.807, 2.05) is 13.8 Å². The van der Waals surface area contributed by atoms with Crippen molar-refractivity contribution in [2.75, 3.05) is 24.4 Å². The topological polar surface area (TPSA) is 145 Å². The minimum absolute atomic E-state index is 0.0300. The monoisotopic (exact) mass is 576 g/mol. The number of thiazole rings is 1. The lowest BCUT2D eigenvalue weighted by Crippen LogP contribution is -2.25. The van der Waals surface area contributed by atoms with Crippen LogP contribution in [0.25, 0.3) is 4.96 Å². The maximum Gasteiger partial charge on any atom is 0.338 e. The summed E-state index contributed by atoms with van der Waals surface area (Å²) >= 11 is 0.914. The first-order chi connectivity index (χ1) is 19.7. The Morgan fingerprint density at radius 1 is 0.854 bits per heavy atom. The van der Waals surface area contributed by atoms with E-state index in [9.17, 15) is 24.0 Å². The molecule has 0 bridgehead atoms. The molecule has 2 aromatic carbocycles. The molecule has 2 heterocycles. The Balaban J connectivity index is 1.67. The van der Waals surface area contributed by atoms with E-state index in [2.05, 4.69) is 15.6 Å². The van der Waals surface area contributed by atoms with Crippen LogP contribution in [0.4, 0.5) is 11.4 Å². The van der Waals surface area contributed by atoms with E-state index >= 15 is 0 Å². The summed E-state index contributed by atoms with van der Waals surface area (Å²) in [7, 11) is 1.27. The Kier molecular flexibility index (Phi) is 9.25. The minimum Gasteiger partial charge on any atom is -0.465 e. The van der Waals surface area contributed by atoms with Crippen LogP contribution < -0.4 is 16.2 Å². The molecule has 0 fully saturated rings. The second-order valence-electron chi connectivity index (χ2n) is 8.92. The smallest absolute Gasteiger partial charge is 0.338 e. The van der Waals surface area contributed by atoms with E-state index in [1.54, 1.807) is 0 Å². The average molecular weight is 577 g/mol. The summed E-state index contributed by atoms with van der Waals surface area (Å²) in [5.41, 5.74) is 1.22. The first-order valence-corrected chi connectivity index (χ1v) is 13.7. The molecule has 0 spiro atoms. The molecule has 4 aromatic rings. The Hall–Kier alpha value is -4.84. The molecule has 41 heavy (non-hydrogen) atoms. The van der Waals surface area contributed by atoms with Crippen LogP contribution in [0.15, 0.2) is 59.4 Å². The summed E-state index contributed by atoms with van der Waals surface area (Å²) in [6.45, 7) is 4.14. The summed E-state index contributed by atoms with van der Waals surface area (Å²) in [5, 5.41) is 5.40. The fraction of sp³-hybridized carbons (Fsp3) is 0.241. The van der Waals surface area contributed by atoms with Crippen molar-refractivity contribution in [3.63, 3.8) is 0 Å². The second-order valence-corrected chi connectivity index (χ2v) is 9.90. The van der Waals surface area contributed by atoms with Gasteiger partial charge in [-0.25, -0.2) is 19.0 Å². The van der Waals surface area contributed by atoms with Crippen LogP contribution in [-0.2, 0) is 15.9 Å². The van der Waals surface area contributed by atoms with E-state index in [-0.39, 0.29) is 15.5 Å². The molecule has 0 aliphatic heterocycles. The molecule has 2 N–H and O–H groups in total. The zero-order valence-corrected chi connectivity index (χ0v) is 23.5. The lowest BCUT2D eigenvalue weighted by atomic mass is 10.2. The summed E-state index contributed by atoms with van der Waals surface area (Å²) < 4.78 is 10.9. The molecule has 12 heteroatoms. The van der Waals surface area contributed by atoms with Crippen LogP contribution in [0.3, 0.4) is 0 Å². The van der Waals surface area contributed by atoms with Gasteiger partial charge in [-0.05, 0) is 61.4 Å². The molecular weight excluding hydrogens is 548 g/mol. The summed E-state index contributed by atoms with van der Waals surface area (Å²) in [6, 6.07) is 13.4. The summed E-state index contributed by atoms with van der Waals surface area (Å²) in [6.07, 6.45) is 2.02. The standard InChI is InChI=1S/C29H28N4O7S/c1-4-6-21-16-22(34)33-23(25(35)30-19-13-9-18(10-14-19)28(38)40-15-5-2)24(41-29(33)32-21)26(36)31-20-11-7-17(8-12-20)27(37)39-3/h7-14,16H,4-6,15H2,1-3H3,(H,30,35)(H,31,36). The van der Waals surface area contributed by atoms with Crippen LogP contribution in [0, 0.1) is 0 Å². The predicted molar refractivity (Wildman–Crippen MR) is 154 cm³/mol. The number of fused-ring (bicyclic) bond motifs is 1. The fourth-order valence-corrected chi connectivity index (χ4v) is 4.96. The van der Waals surface area contributed by atoms with Gasteiger partial charge in [0.05, 0.1) is 24.8 Å². The van der Waals surface area contributed by atoms with Crippen LogP contribution >= 0.6 is 11.3 Å². The van der Waals surface area contributed by atoms with E-state index in [0.717, 1.165) is 22.2 Å². The van der Waals surface area contributed by atoms with Crippen molar-refractivity contribution in [1.29, 1.82) is 0 Å². The van der Waals surface area contributed by atoms with Gasteiger partial charge in [0.2, 0.25) is 0 Å². The van der Waals surface area contributed by atoms with Gasteiger partial charge in [-0.15, -0.1) is 0 Å². The molecule has 0 atom stereocenters. The molecule has 0 radical (unpaired) electrons. The number of anilines is 2. The molecule has 0 saturated carbocycles. The van der Waals surface area contributed by atoms with Crippen molar-refractivity contribution in [3.8, 4) is 0 Å². The number of carbonyl (C=O) groups is 4. The van der Waals surface area contributed by atoms with Gasteiger partial charge in [-0.2, -0.15) is 0 Å². The lowest BCUT2D eigenvalue weighted by molar-refractivity contribution is 0.0504. The number of aryl methyl sites for hydroxylation is 1. The van der Waals surface area contributed by atoms with Gasteiger partial charge in [0.15, 0.2) is 4.96 Å². The average Bonchev–Trinajstić information content (AvgIpc) is 3.37. The number of hydrogen-bond donors (Lipinski definition) is 2. The highest BCUT2D eigenvalue weighted by atomic mass is 32.1. The molecule has 212 valence electrons. The number of benzene rings is 2. The number of ether oxygens (including phenoxy) is 2. The van der Waals surface area contributed by atoms with Gasteiger partial charge in [-0.1, -0.05) is 31.6 Å². The van der Waals surface area contributed by atoms with Crippen molar-refractivity contribution in [1.82, 2.24) is 9.38 Å². The van der Waals surface area contributed by atoms with Crippen molar-refractivity contribution in [2.45, 2.75) is 33.1 Å². The van der Waals surface area contributed by atoms with Crippen LogP contribution in [0.5, 0.6) is 0 Å². The number of hydrogen-bond acceptors (Lipinski definition) is 9. The van der Waals surface area contributed by atoms with E-state index in [0.29, 0.717) is 47.6 Å². The molecular formula is C29H28N4O7S. The van der Waals surface area contributed by atoms with Crippen LogP contribution in [0.1, 0.15) is 73.3 Å². The van der Waals surface area contributed by atoms with Crippen molar-refractivity contribution >= 4 is 51.4 Å². The number of rotatable bonds is 10. The quantitative estimate of drug-likeness (QED) is 0.261. The molecule has 11 nitrogen and oxygen atoms in total. The highest BCUT2D eigenvalue weighted by Gasteiger charge is 2.27. The van der Waals surface area contributed by atoms with Crippen molar-refractivity contribution in [3.05, 3.63) is 92.3 Å². The summed E-state index contributed by atoms with van der Waals surface area (Å²) in [4.78, 5) is 68.5. The maximum absolute atomic E-state index is 13.5. The highest BCUT2D eigenvalue weighted by molar-refractivity contribution is 7.19. The summed E-state index contributed by atoms with van der Waals surface area (Å²) in [5.74, 6) is -2.35. The van der Waals surface area contributed by atoms with Gasteiger partial charge in [-0.3, -0.25) is 14.4 Å². The number of methoxy groups -OCH3 is 1. The third-order valence-electron chi connectivity index (χ3n) is 5.88. The molecule has 0 saturated heterocycles. The number of nitrogens with zero attached hydrogens (tertiary/aromatic N) is 2. The first-order valence-electron chi connectivity index (χ1n) is 12.9. The molecule has 2 amide bonds. The normalized spacial score (nSPS) is 10.7. The number of aromatic nitrogens is 2. The van der Waals surface area contributed by atoms with E-state index < -0.39 is 29.3 Å². The minimum atomic E-state index is -0.712.